The van der Waals surface area contributed by atoms with Gasteiger partial charge < -0.3 is 19.1 Å². The average molecular weight is 259 g/mol. The number of nitrogens with zero attached hydrogens (tertiary/aromatic N) is 1. The maximum atomic E-state index is 11.7. The van der Waals surface area contributed by atoms with Gasteiger partial charge in [0.1, 0.15) is 0 Å². The first-order valence-electron chi connectivity index (χ1n) is 6.19. The number of rotatable bonds is 5. The lowest BCUT2D eigenvalue weighted by Crippen LogP contribution is -2.41. The van der Waals surface area contributed by atoms with Crippen LogP contribution < -0.4 is 0 Å². The van der Waals surface area contributed by atoms with Gasteiger partial charge in [0.25, 0.3) is 0 Å². The van der Waals surface area contributed by atoms with Crippen molar-refractivity contribution in [1.82, 2.24) is 4.90 Å². The van der Waals surface area contributed by atoms with Crippen LogP contribution in [0.2, 0.25) is 0 Å². The summed E-state index contributed by atoms with van der Waals surface area (Å²) in [6.07, 6.45) is 0.707. The van der Waals surface area contributed by atoms with Crippen molar-refractivity contribution in [3.8, 4) is 0 Å². The van der Waals surface area contributed by atoms with Crippen molar-refractivity contribution in [3.63, 3.8) is 0 Å². The fraction of sp³-hybridized carbons (Fsp3) is 0.833. The van der Waals surface area contributed by atoms with Gasteiger partial charge in [-0.2, -0.15) is 0 Å². The van der Waals surface area contributed by atoms with Crippen LogP contribution in [-0.2, 0) is 19.0 Å². The van der Waals surface area contributed by atoms with Gasteiger partial charge in [-0.1, -0.05) is 6.92 Å². The zero-order valence-electron chi connectivity index (χ0n) is 11.0. The zero-order valence-corrected chi connectivity index (χ0v) is 11.0. The molecule has 1 unspecified atom stereocenters. The van der Waals surface area contributed by atoms with Crippen molar-refractivity contribution >= 4 is 12.1 Å². The monoisotopic (exact) mass is 259 g/mol. The molecule has 0 aliphatic carbocycles. The normalized spacial score (nSPS) is 17.1. The molecule has 1 heterocycles. The van der Waals surface area contributed by atoms with Gasteiger partial charge >= 0.3 is 12.1 Å². The second-order valence-electron chi connectivity index (χ2n) is 4.40. The van der Waals surface area contributed by atoms with Crippen LogP contribution in [0.1, 0.15) is 19.8 Å². The minimum absolute atomic E-state index is 0.147. The first-order valence-corrected chi connectivity index (χ1v) is 6.19. The van der Waals surface area contributed by atoms with Gasteiger partial charge in [0.2, 0.25) is 0 Å². The molecule has 0 radical (unpaired) electrons. The molecule has 1 aliphatic rings. The molecule has 1 fully saturated rings. The van der Waals surface area contributed by atoms with E-state index in [2.05, 4.69) is 4.74 Å². The zero-order chi connectivity index (χ0) is 13.4. The highest BCUT2D eigenvalue weighted by Crippen LogP contribution is 2.08. The number of ether oxygens (including phenoxy) is 3. The SMILES string of the molecule is COC(=O)CCC(C)COC(=O)N1CCOCC1. The van der Waals surface area contributed by atoms with Crippen molar-refractivity contribution in [2.75, 3.05) is 40.0 Å². The number of amides is 1. The minimum Gasteiger partial charge on any atom is -0.469 e. The predicted octanol–water partition coefficient (Wildman–Crippen LogP) is 1.04. The summed E-state index contributed by atoms with van der Waals surface area (Å²) in [7, 11) is 1.37. The van der Waals surface area contributed by atoms with E-state index in [4.69, 9.17) is 9.47 Å². The van der Waals surface area contributed by atoms with E-state index in [0.29, 0.717) is 45.8 Å². The van der Waals surface area contributed by atoms with Gasteiger partial charge in [0.05, 0.1) is 26.9 Å². The molecule has 1 aliphatic heterocycles. The van der Waals surface area contributed by atoms with E-state index in [1.807, 2.05) is 6.92 Å². The van der Waals surface area contributed by atoms with Gasteiger partial charge in [0, 0.05) is 19.5 Å². The average Bonchev–Trinajstić information content (AvgIpc) is 2.42. The van der Waals surface area contributed by atoms with Crippen molar-refractivity contribution in [2.45, 2.75) is 19.8 Å². The summed E-state index contributed by atoms with van der Waals surface area (Å²) in [5.74, 6) is -0.0875. The number of methoxy groups -OCH3 is 1. The molecule has 0 spiro atoms. The van der Waals surface area contributed by atoms with Crippen molar-refractivity contribution in [1.29, 1.82) is 0 Å². The second-order valence-corrected chi connectivity index (χ2v) is 4.40. The molecule has 0 saturated carbocycles. The molecular weight excluding hydrogens is 238 g/mol. The first-order chi connectivity index (χ1) is 8.63. The molecule has 18 heavy (non-hydrogen) atoms. The van der Waals surface area contributed by atoms with Crippen LogP contribution in [0, 0.1) is 5.92 Å². The Balaban J connectivity index is 2.14. The largest absolute Gasteiger partial charge is 0.469 e. The summed E-state index contributed by atoms with van der Waals surface area (Å²) in [5.41, 5.74) is 0. The van der Waals surface area contributed by atoms with E-state index in [-0.39, 0.29) is 18.0 Å². The van der Waals surface area contributed by atoms with E-state index < -0.39 is 0 Å². The van der Waals surface area contributed by atoms with E-state index in [1.54, 1.807) is 4.90 Å². The third-order valence-corrected chi connectivity index (χ3v) is 2.83. The van der Waals surface area contributed by atoms with Crippen LogP contribution in [0.4, 0.5) is 4.79 Å². The van der Waals surface area contributed by atoms with E-state index in [9.17, 15) is 9.59 Å². The summed E-state index contributed by atoms with van der Waals surface area (Å²) in [4.78, 5) is 24.2. The highest BCUT2D eigenvalue weighted by molar-refractivity contribution is 5.69. The molecule has 1 rings (SSSR count). The van der Waals surface area contributed by atoms with Crippen LogP contribution in [0.5, 0.6) is 0 Å². The molecule has 0 aromatic heterocycles. The Hall–Kier alpha value is -1.30. The summed E-state index contributed by atoms with van der Waals surface area (Å²) < 4.78 is 14.9. The van der Waals surface area contributed by atoms with Gasteiger partial charge in [-0.3, -0.25) is 4.79 Å². The maximum absolute atomic E-state index is 11.7. The molecule has 0 N–H and O–H groups in total. The number of carbonyl (C=O) groups is 2. The van der Waals surface area contributed by atoms with Crippen molar-refractivity contribution < 1.29 is 23.8 Å². The Morgan fingerprint density at radius 2 is 2.00 bits per heavy atom. The predicted molar refractivity (Wildman–Crippen MR) is 64.2 cm³/mol. The third-order valence-electron chi connectivity index (χ3n) is 2.83. The number of hydrogen-bond donors (Lipinski definition) is 0. The van der Waals surface area contributed by atoms with Crippen LogP contribution in [0.25, 0.3) is 0 Å². The standard InChI is InChI=1S/C12H21NO5/c1-10(3-4-11(14)16-2)9-18-12(15)13-5-7-17-8-6-13/h10H,3-9H2,1-2H3. The second kappa shape index (κ2) is 7.92. The summed E-state index contributed by atoms with van der Waals surface area (Å²) in [6.45, 7) is 4.55. The highest BCUT2D eigenvalue weighted by atomic mass is 16.6. The Labute approximate surface area is 107 Å². The Bertz CT molecular complexity index is 276. The quantitative estimate of drug-likeness (QED) is 0.690. The van der Waals surface area contributed by atoms with Crippen LogP contribution >= 0.6 is 0 Å². The third kappa shape index (κ3) is 5.35. The van der Waals surface area contributed by atoms with Crippen LogP contribution in [0.3, 0.4) is 0 Å². The first kappa shape index (κ1) is 14.8. The number of carbonyl (C=O) groups excluding carboxylic acids is 2. The molecule has 1 amide bonds. The number of hydrogen-bond acceptors (Lipinski definition) is 5. The fourth-order valence-electron chi connectivity index (χ4n) is 1.60. The lowest BCUT2D eigenvalue weighted by atomic mass is 10.1. The minimum atomic E-state index is -0.303. The molecule has 1 saturated heterocycles. The van der Waals surface area contributed by atoms with Gasteiger partial charge in [0.15, 0.2) is 0 Å². The summed E-state index contributed by atoms with van der Waals surface area (Å²) in [5, 5.41) is 0. The molecule has 0 aromatic rings. The highest BCUT2D eigenvalue weighted by Gasteiger charge is 2.18. The van der Waals surface area contributed by atoms with Gasteiger partial charge in [-0.15, -0.1) is 0 Å². The van der Waals surface area contributed by atoms with Crippen LogP contribution in [-0.4, -0.2) is 57.0 Å². The Morgan fingerprint density at radius 1 is 1.33 bits per heavy atom. The molecule has 0 aromatic carbocycles. The molecule has 6 nitrogen and oxygen atoms in total. The van der Waals surface area contributed by atoms with E-state index in [1.165, 1.54) is 7.11 Å². The smallest absolute Gasteiger partial charge is 0.409 e. The number of morpholine rings is 1. The number of esters is 1. The Kier molecular flexibility index (Phi) is 6.49. The molecule has 6 heteroatoms. The summed E-state index contributed by atoms with van der Waals surface area (Å²) in [6, 6.07) is 0. The topological polar surface area (TPSA) is 65.1 Å². The molecule has 104 valence electrons. The maximum Gasteiger partial charge on any atom is 0.409 e. The Morgan fingerprint density at radius 3 is 2.61 bits per heavy atom. The molecule has 1 atom stereocenters. The van der Waals surface area contributed by atoms with Gasteiger partial charge in [-0.05, 0) is 12.3 Å². The van der Waals surface area contributed by atoms with E-state index >= 15 is 0 Å². The van der Waals surface area contributed by atoms with Crippen molar-refractivity contribution in [2.24, 2.45) is 5.92 Å². The molecule has 0 bridgehead atoms. The van der Waals surface area contributed by atoms with E-state index in [0.717, 1.165) is 0 Å². The lowest BCUT2D eigenvalue weighted by Gasteiger charge is -2.26. The lowest BCUT2D eigenvalue weighted by molar-refractivity contribution is -0.141. The fourth-order valence-corrected chi connectivity index (χ4v) is 1.60. The summed E-state index contributed by atoms with van der Waals surface area (Å²) >= 11 is 0. The van der Waals surface area contributed by atoms with Gasteiger partial charge in [-0.25, -0.2) is 4.79 Å². The molecular formula is C12H21NO5. The van der Waals surface area contributed by atoms with Crippen molar-refractivity contribution in [3.05, 3.63) is 0 Å². The van der Waals surface area contributed by atoms with Crippen LogP contribution in [0.15, 0.2) is 0 Å².